The van der Waals surface area contributed by atoms with E-state index in [2.05, 4.69) is 9.53 Å². The average molecular weight is 128 g/mol. The minimum absolute atomic E-state index is 0.0394. The molecule has 0 atom stereocenters. The third-order valence-corrected chi connectivity index (χ3v) is 0.877. The Morgan fingerprint density at radius 3 is 2.44 bits per heavy atom. The summed E-state index contributed by atoms with van der Waals surface area (Å²) in [7, 11) is 1.24. The molecule has 0 saturated heterocycles. The van der Waals surface area contributed by atoms with Crippen molar-refractivity contribution in [2.45, 2.75) is 13.3 Å². The molecule has 0 radical (unpaired) electrons. The molecule has 0 spiro atoms. The van der Waals surface area contributed by atoms with Crippen LogP contribution in [0.5, 0.6) is 0 Å². The number of nitrogens with zero attached hydrogens (tertiary/aromatic N) is 2. The van der Waals surface area contributed by atoms with Crippen molar-refractivity contribution in [3.05, 3.63) is 5.53 Å². The molecule has 0 aliphatic rings. The summed E-state index contributed by atoms with van der Waals surface area (Å²) >= 11 is 0. The zero-order valence-corrected chi connectivity index (χ0v) is 5.42. The van der Waals surface area contributed by atoms with Crippen molar-refractivity contribution in [2.75, 3.05) is 7.11 Å². The highest BCUT2D eigenvalue weighted by Crippen LogP contribution is 1.82. The van der Waals surface area contributed by atoms with Crippen LogP contribution in [0.2, 0.25) is 0 Å². The van der Waals surface area contributed by atoms with Gasteiger partial charge in [0.15, 0.2) is 0 Å². The van der Waals surface area contributed by atoms with Crippen LogP contribution in [0.15, 0.2) is 0 Å². The Labute approximate surface area is 53.1 Å². The van der Waals surface area contributed by atoms with Gasteiger partial charge in [-0.2, -0.15) is 4.79 Å². The van der Waals surface area contributed by atoms with Crippen molar-refractivity contribution in [2.24, 2.45) is 0 Å². The van der Waals surface area contributed by atoms with Gasteiger partial charge in [0.25, 0.3) is 0 Å². The van der Waals surface area contributed by atoms with Gasteiger partial charge in [-0.1, -0.05) is 6.92 Å². The molecule has 4 heteroatoms. The van der Waals surface area contributed by atoms with Gasteiger partial charge in [0.05, 0.1) is 13.5 Å². The molecule has 0 fully saturated rings. The average Bonchev–Trinajstić information content (AvgIpc) is 1.90. The molecule has 0 aromatic rings. The van der Waals surface area contributed by atoms with Crippen LogP contribution >= 0.6 is 0 Å². The molecule has 0 aliphatic heterocycles. The zero-order valence-electron chi connectivity index (χ0n) is 5.42. The number of hydrogen-bond donors (Lipinski definition) is 0. The van der Waals surface area contributed by atoms with E-state index in [0.29, 0.717) is 6.42 Å². The number of methoxy groups -OCH3 is 1. The fourth-order valence-electron chi connectivity index (χ4n) is 0.374. The quantitative estimate of drug-likeness (QED) is 0.231. The largest absolute Gasteiger partial charge is 0.460 e. The smallest absolute Gasteiger partial charge is 0.416 e. The molecular weight excluding hydrogens is 120 g/mol. The summed E-state index contributed by atoms with van der Waals surface area (Å²) in [5.74, 6) is -0.583. The van der Waals surface area contributed by atoms with Crippen molar-refractivity contribution in [1.29, 1.82) is 0 Å². The van der Waals surface area contributed by atoms with E-state index in [1.807, 2.05) is 0 Å². The molecule has 0 unspecified atom stereocenters. The first kappa shape index (κ1) is 7.85. The molecule has 4 nitrogen and oxygen atoms in total. The maximum atomic E-state index is 10.5. The van der Waals surface area contributed by atoms with E-state index in [9.17, 15) is 4.79 Å². The summed E-state index contributed by atoms with van der Waals surface area (Å²) in [6.45, 7) is 1.70. The third kappa shape index (κ3) is 2.06. The van der Waals surface area contributed by atoms with Crippen LogP contribution in [0.1, 0.15) is 13.3 Å². The minimum atomic E-state index is -0.583. The molecule has 0 amide bonds. The molecule has 50 valence electrons. The standard InChI is InChI=1S/C5H8N2O2/c1-3-4(7-6)5(8)9-2/h3H2,1-2H3. The Balaban J connectivity index is 4.14. The van der Waals surface area contributed by atoms with Crippen LogP contribution in [0.4, 0.5) is 0 Å². The van der Waals surface area contributed by atoms with E-state index in [4.69, 9.17) is 5.53 Å². The van der Waals surface area contributed by atoms with Crippen molar-refractivity contribution >= 4 is 11.7 Å². The Morgan fingerprint density at radius 1 is 1.78 bits per heavy atom. The predicted molar refractivity (Wildman–Crippen MR) is 30.9 cm³/mol. The van der Waals surface area contributed by atoms with Crippen molar-refractivity contribution in [3.63, 3.8) is 0 Å². The highest BCUT2D eigenvalue weighted by atomic mass is 16.5. The van der Waals surface area contributed by atoms with E-state index in [1.165, 1.54) is 7.11 Å². The van der Waals surface area contributed by atoms with Crippen LogP contribution in [0.25, 0.3) is 5.53 Å². The highest BCUT2D eigenvalue weighted by molar-refractivity contribution is 6.33. The normalized spacial score (nSPS) is 7.78. The maximum absolute atomic E-state index is 10.5. The molecule has 0 aromatic heterocycles. The Hall–Kier alpha value is -1.15. The third-order valence-electron chi connectivity index (χ3n) is 0.877. The number of esters is 1. The first-order valence-electron chi connectivity index (χ1n) is 2.55. The van der Waals surface area contributed by atoms with Gasteiger partial charge in [0.1, 0.15) is 0 Å². The SMILES string of the molecule is CCC(=[N+]=[N-])C(=O)OC. The number of hydrogen-bond acceptors (Lipinski definition) is 2. The second-order valence-corrected chi connectivity index (χ2v) is 1.39. The zero-order chi connectivity index (χ0) is 7.28. The van der Waals surface area contributed by atoms with E-state index in [1.54, 1.807) is 6.92 Å². The van der Waals surface area contributed by atoms with E-state index >= 15 is 0 Å². The van der Waals surface area contributed by atoms with Gasteiger partial charge >= 0.3 is 11.7 Å². The fraction of sp³-hybridized carbons (Fsp3) is 0.600. The van der Waals surface area contributed by atoms with Crippen molar-refractivity contribution in [3.8, 4) is 0 Å². The highest BCUT2D eigenvalue weighted by Gasteiger charge is 2.16. The summed E-state index contributed by atoms with van der Waals surface area (Å²) in [6, 6.07) is 0. The summed E-state index contributed by atoms with van der Waals surface area (Å²) in [4.78, 5) is 13.2. The summed E-state index contributed by atoms with van der Waals surface area (Å²) in [5, 5.41) is 0. The van der Waals surface area contributed by atoms with E-state index < -0.39 is 5.97 Å². The molecular formula is C5H8N2O2. The van der Waals surface area contributed by atoms with Gasteiger partial charge in [-0.3, -0.25) is 0 Å². The molecule has 0 aromatic carbocycles. The van der Waals surface area contributed by atoms with Gasteiger partial charge in [-0.15, -0.1) is 0 Å². The monoisotopic (exact) mass is 128 g/mol. The van der Waals surface area contributed by atoms with Gasteiger partial charge < -0.3 is 10.3 Å². The lowest BCUT2D eigenvalue weighted by Crippen LogP contribution is -2.15. The Morgan fingerprint density at radius 2 is 2.33 bits per heavy atom. The van der Waals surface area contributed by atoms with Crippen molar-refractivity contribution in [1.82, 2.24) is 0 Å². The van der Waals surface area contributed by atoms with Gasteiger partial charge in [0, 0.05) is 0 Å². The summed E-state index contributed by atoms with van der Waals surface area (Å²) in [6.07, 6.45) is 0.378. The summed E-state index contributed by atoms with van der Waals surface area (Å²) in [5.41, 5.74) is 8.15. The number of rotatable bonds is 2. The summed E-state index contributed by atoms with van der Waals surface area (Å²) < 4.78 is 4.26. The predicted octanol–water partition coefficient (Wildman–Crippen LogP) is 0.240. The number of carbonyl (C=O) groups is 1. The Bertz CT molecular complexity index is 158. The van der Waals surface area contributed by atoms with E-state index in [-0.39, 0.29) is 5.71 Å². The first-order chi connectivity index (χ1) is 4.26. The molecule has 0 saturated carbocycles. The number of ether oxygens (including phenoxy) is 1. The minimum Gasteiger partial charge on any atom is -0.460 e. The second kappa shape index (κ2) is 3.80. The molecule has 0 heterocycles. The topological polar surface area (TPSA) is 62.7 Å². The lowest BCUT2D eigenvalue weighted by atomic mass is 10.3. The molecule has 9 heavy (non-hydrogen) atoms. The van der Waals surface area contributed by atoms with E-state index in [0.717, 1.165) is 0 Å². The van der Waals surface area contributed by atoms with Gasteiger partial charge in [-0.25, -0.2) is 4.79 Å². The molecule has 0 rings (SSSR count). The van der Waals surface area contributed by atoms with Gasteiger partial charge in [-0.05, 0) is 0 Å². The first-order valence-corrected chi connectivity index (χ1v) is 2.55. The lowest BCUT2D eigenvalue weighted by molar-refractivity contribution is -0.137. The van der Waals surface area contributed by atoms with Crippen LogP contribution in [-0.2, 0) is 9.53 Å². The van der Waals surface area contributed by atoms with Crippen LogP contribution in [0.3, 0.4) is 0 Å². The molecule has 0 aliphatic carbocycles. The second-order valence-electron chi connectivity index (χ2n) is 1.39. The van der Waals surface area contributed by atoms with Gasteiger partial charge in [0.2, 0.25) is 0 Å². The molecule has 0 N–H and O–H groups in total. The number of carbonyl (C=O) groups excluding carboxylic acids is 1. The van der Waals surface area contributed by atoms with Crippen LogP contribution in [-0.4, -0.2) is 23.6 Å². The van der Waals surface area contributed by atoms with Crippen LogP contribution < -0.4 is 0 Å². The fourth-order valence-corrected chi connectivity index (χ4v) is 0.374. The van der Waals surface area contributed by atoms with Crippen LogP contribution in [0, 0.1) is 0 Å². The Kier molecular flexibility index (Phi) is 3.32. The lowest BCUT2D eigenvalue weighted by Gasteiger charge is -1.87. The molecule has 0 bridgehead atoms. The van der Waals surface area contributed by atoms with Crippen molar-refractivity contribution < 1.29 is 14.3 Å². The maximum Gasteiger partial charge on any atom is 0.416 e.